The van der Waals surface area contributed by atoms with Crippen molar-refractivity contribution in [3.05, 3.63) is 65.7 Å². The summed E-state index contributed by atoms with van der Waals surface area (Å²) in [5.74, 6) is -0.116. The second kappa shape index (κ2) is 8.05. The number of hydrogen-bond acceptors (Lipinski definition) is 2. The Balaban J connectivity index is 1.68. The van der Waals surface area contributed by atoms with E-state index < -0.39 is 0 Å². The largest absolute Gasteiger partial charge is 0.328 e. The number of ketones is 1. The fourth-order valence-corrected chi connectivity index (χ4v) is 3.16. The quantitative estimate of drug-likeness (QED) is 0.629. The highest BCUT2D eigenvalue weighted by atomic mass is 16.2. The molecule has 0 aliphatic carbocycles. The van der Waals surface area contributed by atoms with Gasteiger partial charge in [0.1, 0.15) is 26.2 Å². The minimum Gasteiger partial charge on any atom is -0.328 e. The van der Waals surface area contributed by atoms with Gasteiger partial charge in [0.2, 0.25) is 0 Å². The Kier molecular flexibility index (Phi) is 5.58. The Morgan fingerprint density at radius 2 is 1.56 bits per heavy atom. The van der Waals surface area contributed by atoms with E-state index in [1.807, 2.05) is 30.3 Å². The number of para-hydroxylation sites is 1. The number of likely N-dealkylation sites (N-methyl/N-ethyl adjacent to an activating group) is 1. The van der Waals surface area contributed by atoms with Gasteiger partial charge in [0.25, 0.3) is 5.91 Å². The molecule has 1 aliphatic rings. The lowest BCUT2D eigenvalue weighted by molar-refractivity contribution is -0.999. The van der Waals surface area contributed by atoms with E-state index in [1.54, 1.807) is 24.3 Å². The third-order valence-corrected chi connectivity index (χ3v) is 4.70. The molecule has 25 heavy (non-hydrogen) atoms. The second-order valence-electron chi connectivity index (χ2n) is 6.67. The lowest BCUT2D eigenvalue weighted by Gasteiger charge is -2.26. The maximum absolute atomic E-state index is 12.7. The highest BCUT2D eigenvalue weighted by Gasteiger charge is 2.23. The third-order valence-electron chi connectivity index (χ3n) is 4.70. The molecule has 0 saturated carbocycles. The van der Waals surface area contributed by atoms with Crippen molar-refractivity contribution in [2.24, 2.45) is 0 Å². The molecule has 1 fully saturated rings. The first kappa shape index (κ1) is 17.3. The van der Waals surface area contributed by atoms with Crippen LogP contribution >= 0.6 is 0 Å². The molecule has 1 amide bonds. The van der Waals surface area contributed by atoms with Gasteiger partial charge in [-0.15, -0.1) is 0 Å². The minimum absolute atomic E-state index is 0.0390. The van der Waals surface area contributed by atoms with E-state index in [1.165, 1.54) is 9.80 Å². The summed E-state index contributed by atoms with van der Waals surface area (Å²) in [7, 11) is 2.18. The lowest BCUT2D eigenvalue weighted by atomic mass is 10.0. The molecule has 3 rings (SSSR count). The molecular weight excluding hydrogens is 314 g/mol. The van der Waals surface area contributed by atoms with Gasteiger partial charge in [0.05, 0.1) is 12.7 Å². The van der Waals surface area contributed by atoms with E-state index in [4.69, 9.17) is 0 Å². The van der Waals surface area contributed by atoms with Crippen LogP contribution in [0.4, 0.5) is 5.69 Å². The Bertz CT molecular complexity index is 738. The van der Waals surface area contributed by atoms with Crippen LogP contribution in [-0.4, -0.2) is 51.5 Å². The molecule has 130 valence electrons. The van der Waals surface area contributed by atoms with Crippen molar-refractivity contribution in [1.82, 2.24) is 0 Å². The molecule has 1 aliphatic heterocycles. The SMILES string of the molecule is C[NH+]1CC[NH+](CC(=O)Nc2ccccc2C(=O)c2ccccc2)CC1. The molecule has 2 aromatic carbocycles. The van der Waals surface area contributed by atoms with Gasteiger partial charge in [0.15, 0.2) is 12.3 Å². The van der Waals surface area contributed by atoms with Crippen molar-refractivity contribution in [3.8, 4) is 0 Å². The van der Waals surface area contributed by atoms with E-state index in [9.17, 15) is 9.59 Å². The van der Waals surface area contributed by atoms with Crippen LogP contribution in [-0.2, 0) is 4.79 Å². The van der Waals surface area contributed by atoms with Gasteiger partial charge in [-0.2, -0.15) is 0 Å². The highest BCUT2D eigenvalue weighted by molar-refractivity contribution is 6.13. The number of nitrogens with one attached hydrogen (secondary N) is 3. The maximum Gasteiger partial charge on any atom is 0.279 e. The van der Waals surface area contributed by atoms with Crippen molar-refractivity contribution >= 4 is 17.4 Å². The normalized spacial score (nSPS) is 20.0. The van der Waals surface area contributed by atoms with Gasteiger partial charge in [-0.05, 0) is 12.1 Å². The summed E-state index contributed by atoms with van der Waals surface area (Å²) < 4.78 is 0. The van der Waals surface area contributed by atoms with Crippen molar-refractivity contribution in [1.29, 1.82) is 0 Å². The average molecular weight is 339 g/mol. The molecule has 0 bridgehead atoms. The maximum atomic E-state index is 12.7. The van der Waals surface area contributed by atoms with E-state index in [0.29, 0.717) is 23.4 Å². The number of hydrogen-bond donors (Lipinski definition) is 3. The second-order valence-corrected chi connectivity index (χ2v) is 6.67. The van der Waals surface area contributed by atoms with Gasteiger partial charge < -0.3 is 15.1 Å². The predicted molar refractivity (Wildman–Crippen MR) is 97.1 cm³/mol. The van der Waals surface area contributed by atoms with Crippen LogP contribution in [0.25, 0.3) is 0 Å². The summed E-state index contributed by atoms with van der Waals surface area (Å²) in [6.07, 6.45) is 0. The Morgan fingerprint density at radius 1 is 0.920 bits per heavy atom. The number of benzene rings is 2. The third kappa shape index (κ3) is 4.53. The van der Waals surface area contributed by atoms with Gasteiger partial charge in [-0.25, -0.2) is 0 Å². The number of carbonyl (C=O) groups is 2. The summed E-state index contributed by atoms with van der Waals surface area (Å²) in [5.41, 5.74) is 1.73. The van der Waals surface area contributed by atoms with Crippen molar-refractivity contribution in [2.45, 2.75) is 0 Å². The van der Waals surface area contributed by atoms with Crippen LogP contribution in [0.2, 0.25) is 0 Å². The summed E-state index contributed by atoms with van der Waals surface area (Å²) >= 11 is 0. The molecule has 2 aromatic rings. The topological polar surface area (TPSA) is 55.1 Å². The van der Waals surface area contributed by atoms with Crippen molar-refractivity contribution in [2.75, 3.05) is 45.1 Å². The number of quaternary nitrogens is 2. The predicted octanol–water partition coefficient (Wildman–Crippen LogP) is -0.731. The molecule has 0 spiro atoms. The smallest absolute Gasteiger partial charge is 0.279 e. The van der Waals surface area contributed by atoms with Crippen molar-refractivity contribution in [3.63, 3.8) is 0 Å². The molecule has 0 atom stereocenters. The number of piperazine rings is 1. The molecule has 5 heteroatoms. The van der Waals surface area contributed by atoms with Gasteiger partial charge in [-0.1, -0.05) is 42.5 Å². The Hall–Kier alpha value is -2.50. The van der Waals surface area contributed by atoms with Crippen LogP contribution in [0, 0.1) is 0 Å². The van der Waals surface area contributed by atoms with E-state index >= 15 is 0 Å². The summed E-state index contributed by atoms with van der Waals surface area (Å²) in [4.78, 5) is 28.0. The van der Waals surface area contributed by atoms with Crippen LogP contribution in [0.1, 0.15) is 15.9 Å². The fourth-order valence-electron chi connectivity index (χ4n) is 3.16. The standard InChI is InChI=1S/C20H23N3O2/c1-22-11-13-23(14-12-22)15-19(24)21-18-10-6-5-9-17(18)20(25)16-7-3-2-4-8-16/h2-10H,11-15H2,1H3,(H,21,24)/p+2. The van der Waals surface area contributed by atoms with Gasteiger partial charge in [-0.3, -0.25) is 9.59 Å². The molecular formula is C20H25N3O2+2. The van der Waals surface area contributed by atoms with Crippen LogP contribution in [0.5, 0.6) is 0 Å². The molecule has 0 radical (unpaired) electrons. The van der Waals surface area contributed by atoms with Crippen LogP contribution < -0.4 is 15.1 Å². The summed E-state index contributed by atoms with van der Waals surface area (Å²) in [6, 6.07) is 16.3. The minimum atomic E-state index is -0.0768. The first-order chi connectivity index (χ1) is 12.1. The van der Waals surface area contributed by atoms with Crippen molar-refractivity contribution < 1.29 is 19.4 Å². The van der Waals surface area contributed by atoms with Gasteiger partial charge >= 0.3 is 0 Å². The highest BCUT2D eigenvalue weighted by Crippen LogP contribution is 2.19. The molecule has 0 unspecified atom stereocenters. The molecule has 1 heterocycles. The zero-order chi connectivity index (χ0) is 17.6. The average Bonchev–Trinajstić information content (AvgIpc) is 2.64. The first-order valence-corrected chi connectivity index (χ1v) is 8.77. The van der Waals surface area contributed by atoms with E-state index in [0.717, 1.165) is 26.2 Å². The Morgan fingerprint density at radius 3 is 2.28 bits per heavy atom. The van der Waals surface area contributed by atoms with Gasteiger partial charge in [0, 0.05) is 11.1 Å². The fraction of sp³-hybridized carbons (Fsp3) is 0.300. The lowest BCUT2D eigenvalue weighted by Crippen LogP contribution is -3.27. The monoisotopic (exact) mass is 339 g/mol. The zero-order valence-corrected chi connectivity index (χ0v) is 14.5. The molecule has 3 N–H and O–H groups in total. The first-order valence-electron chi connectivity index (χ1n) is 8.77. The summed E-state index contributed by atoms with van der Waals surface area (Å²) in [5, 5.41) is 2.93. The van der Waals surface area contributed by atoms with E-state index in [-0.39, 0.29) is 11.7 Å². The molecule has 0 aromatic heterocycles. The summed E-state index contributed by atoms with van der Waals surface area (Å²) in [6.45, 7) is 4.63. The number of carbonyl (C=O) groups excluding carboxylic acids is 2. The number of rotatable bonds is 5. The zero-order valence-electron chi connectivity index (χ0n) is 14.5. The molecule has 1 saturated heterocycles. The number of amides is 1. The Labute approximate surface area is 148 Å². The van der Waals surface area contributed by atoms with E-state index in [2.05, 4.69) is 12.4 Å². The molecule has 5 nitrogen and oxygen atoms in total. The van der Waals surface area contributed by atoms with Crippen LogP contribution in [0.15, 0.2) is 54.6 Å². The number of anilines is 1. The van der Waals surface area contributed by atoms with Crippen LogP contribution in [0.3, 0.4) is 0 Å².